The van der Waals surface area contributed by atoms with Crippen molar-refractivity contribution in [1.82, 2.24) is 14.8 Å². The van der Waals surface area contributed by atoms with Gasteiger partial charge >= 0.3 is 6.03 Å². The zero-order chi connectivity index (χ0) is 20.5. The fraction of sp³-hybridized carbons (Fsp3) is 0.478. The molecule has 0 radical (unpaired) electrons. The predicted octanol–water partition coefficient (Wildman–Crippen LogP) is 4.06. The van der Waals surface area contributed by atoms with Crippen molar-refractivity contribution in [2.45, 2.75) is 32.2 Å². The summed E-state index contributed by atoms with van der Waals surface area (Å²) in [4.78, 5) is 23.7. The van der Waals surface area contributed by atoms with Crippen LogP contribution in [0.2, 0.25) is 0 Å². The van der Waals surface area contributed by atoms with Gasteiger partial charge in [0.1, 0.15) is 0 Å². The van der Waals surface area contributed by atoms with E-state index in [0.29, 0.717) is 13.1 Å². The van der Waals surface area contributed by atoms with Crippen LogP contribution in [0, 0.1) is 0 Å². The van der Waals surface area contributed by atoms with E-state index in [2.05, 4.69) is 32.2 Å². The van der Waals surface area contributed by atoms with Crippen molar-refractivity contribution in [3.8, 4) is 0 Å². The summed E-state index contributed by atoms with van der Waals surface area (Å²) < 4.78 is 0. The lowest BCUT2D eigenvalue weighted by Crippen LogP contribution is -2.39. The van der Waals surface area contributed by atoms with Crippen molar-refractivity contribution < 1.29 is 4.79 Å². The first kappa shape index (κ1) is 21.1. The monoisotopic (exact) mass is 395 g/mol. The second-order valence-corrected chi connectivity index (χ2v) is 7.93. The van der Waals surface area contributed by atoms with Crippen molar-refractivity contribution in [3.63, 3.8) is 0 Å². The largest absolute Gasteiger partial charge is 0.370 e. The summed E-state index contributed by atoms with van der Waals surface area (Å²) in [5.74, 6) is 0. The van der Waals surface area contributed by atoms with E-state index >= 15 is 0 Å². The Hall–Kier alpha value is -2.60. The Kier molecular flexibility index (Phi) is 7.87. The van der Waals surface area contributed by atoms with Crippen LogP contribution in [0.15, 0.2) is 48.8 Å². The van der Waals surface area contributed by atoms with Crippen molar-refractivity contribution in [1.29, 1.82) is 0 Å². The van der Waals surface area contributed by atoms with Gasteiger partial charge in [-0.1, -0.05) is 31.0 Å². The quantitative estimate of drug-likeness (QED) is 0.768. The van der Waals surface area contributed by atoms with Crippen LogP contribution in [0.5, 0.6) is 0 Å². The van der Waals surface area contributed by atoms with E-state index in [1.54, 1.807) is 6.20 Å². The molecule has 0 saturated carbocycles. The lowest BCUT2D eigenvalue weighted by molar-refractivity contribution is 0.202. The van der Waals surface area contributed by atoms with Crippen LogP contribution in [-0.2, 0) is 6.54 Å². The van der Waals surface area contributed by atoms with Gasteiger partial charge in [-0.05, 0) is 50.7 Å². The van der Waals surface area contributed by atoms with Gasteiger partial charge in [0.2, 0.25) is 0 Å². The van der Waals surface area contributed by atoms with Gasteiger partial charge in [0, 0.05) is 45.1 Å². The van der Waals surface area contributed by atoms with Gasteiger partial charge in [0.05, 0.1) is 11.4 Å². The SMILES string of the molecule is CN(C)CCN(Cc1cccnc1)C(=O)Nc1ccccc1N1CCCCCC1. The first-order valence-electron chi connectivity index (χ1n) is 10.6. The number of anilines is 2. The second kappa shape index (κ2) is 10.8. The van der Waals surface area contributed by atoms with Gasteiger partial charge in [0.25, 0.3) is 0 Å². The Morgan fingerprint density at radius 3 is 2.48 bits per heavy atom. The van der Waals surface area contributed by atoms with Crippen LogP contribution in [0.1, 0.15) is 31.2 Å². The summed E-state index contributed by atoms with van der Waals surface area (Å²) in [6.07, 6.45) is 8.56. The molecule has 0 unspecified atom stereocenters. The molecule has 156 valence electrons. The molecule has 29 heavy (non-hydrogen) atoms. The highest BCUT2D eigenvalue weighted by Crippen LogP contribution is 2.28. The standard InChI is InChI=1S/C23H33N5O/c1-26(2)16-17-28(19-20-10-9-13-24-18-20)23(29)25-21-11-5-6-12-22(21)27-14-7-3-4-8-15-27/h5-6,9-13,18H,3-4,7-8,14-17,19H2,1-2H3,(H,25,29). The molecule has 1 saturated heterocycles. The topological polar surface area (TPSA) is 51.7 Å². The third kappa shape index (κ3) is 6.46. The lowest BCUT2D eigenvalue weighted by Gasteiger charge is -2.28. The Bertz CT molecular complexity index is 757. The Morgan fingerprint density at radius 1 is 1.03 bits per heavy atom. The van der Waals surface area contributed by atoms with E-state index < -0.39 is 0 Å². The van der Waals surface area contributed by atoms with Gasteiger partial charge in [-0.3, -0.25) is 4.98 Å². The number of carbonyl (C=O) groups excluding carboxylic acids is 1. The molecule has 2 amide bonds. The number of benzene rings is 1. The van der Waals surface area contributed by atoms with E-state index in [4.69, 9.17) is 0 Å². The molecule has 2 aromatic rings. The zero-order valence-corrected chi connectivity index (χ0v) is 17.7. The number of aromatic nitrogens is 1. The summed E-state index contributed by atoms with van der Waals surface area (Å²) in [5, 5.41) is 3.18. The Morgan fingerprint density at radius 2 is 1.79 bits per heavy atom. The highest BCUT2D eigenvalue weighted by Gasteiger charge is 2.18. The van der Waals surface area contributed by atoms with E-state index in [-0.39, 0.29) is 6.03 Å². The van der Waals surface area contributed by atoms with Gasteiger partial charge < -0.3 is 20.0 Å². The maximum atomic E-state index is 13.2. The molecule has 1 N–H and O–H groups in total. The number of nitrogens with zero attached hydrogens (tertiary/aromatic N) is 4. The zero-order valence-electron chi connectivity index (χ0n) is 17.7. The van der Waals surface area contributed by atoms with Crippen molar-refractivity contribution in [2.75, 3.05) is 50.5 Å². The van der Waals surface area contributed by atoms with Crippen LogP contribution in [0.4, 0.5) is 16.2 Å². The first-order valence-corrected chi connectivity index (χ1v) is 10.6. The number of likely N-dealkylation sites (N-methyl/N-ethyl adjacent to an activating group) is 1. The number of nitrogens with one attached hydrogen (secondary N) is 1. The normalized spacial score (nSPS) is 14.5. The number of hydrogen-bond donors (Lipinski definition) is 1. The van der Waals surface area contributed by atoms with Crippen LogP contribution in [0.25, 0.3) is 0 Å². The van der Waals surface area contributed by atoms with E-state index in [0.717, 1.165) is 36.6 Å². The maximum Gasteiger partial charge on any atom is 0.322 e. The molecule has 0 spiro atoms. The van der Waals surface area contributed by atoms with Crippen LogP contribution in [0.3, 0.4) is 0 Å². The van der Waals surface area contributed by atoms with Gasteiger partial charge in [0.15, 0.2) is 0 Å². The minimum absolute atomic E-state index is 0.0713. The molecular formula is C23H33N5O. The summed E-state index contributed by atoms with van der Waals surface area (Å²) in [6, 6.07) is 12.0. The molecule has 1 aliphatic heterocycles. The van der Waals surface area contributed by atoms with Crippen molar-refractivity contribution in [2.24, 2.45) is 0 Å². The Labute approximate surface area is 174 Å². The minimum Gasteiger partial charge on any atom is -0.370 e. The van der Waals surface area contributed by atoms with Crippen LogP contribution < -0.4 is 10.2 Å². The number of carbonyl (C=O) groups is 1. The molecule has 6 nitrogen and oxygen atoms in total. The average Bonchev–Trinajstić information content (AvgIpc) is 3.01. The Balaban J connectivity index is 1.74. The minimum atomic E-state index is -0.0713. The maximum absolute atomic E-state index is 13.2. The van der Waals surface area contributed by atoms with E-state index in [9.17, 15) is 4.79 Å². The third-order valence-electron chi connectivity index (χ3n) is 5.29. The number of para-hydroxylation sites is 2. The molecule has 6 heteroatoms. The predicted molar refractivity (Wildman–Crippen MR) is 119 cm³/mol. The molecule has 1 fully saturated rings. The van der Waals surface area contributed by atoms with Crippen molar-refractivity contribution in [3.05, 3.63) is 54.4 Å². The average molecular weight is 396 g/mol. The molecule has 1 aliphatic rings. The fourth-order valence-corrected chi connectivity index (χ4v) is 3.65. The second-order valence-electron chi connectivity index (χ2n) is 7.93. The van der Waals surface area contributed by atoms with E-state index in [1.165, 1.54) is 25.7 Å². The number of amides is 2. The summed E-state index contributed by atoms with van der Waals surface area (Å²) in [5.41, 5.74) is 3.04. The number of pyridine rings is 1. The third-order valence-corrected chi connectivity index (χ3v) is 5.29. The summed E-state index contributed by atoms with van der Waals surface area (Å²) in [7, 11) is 4.05. The highest BCUT2D eigenvalue weighted by molar-refractivity contribution is 5.93. The van der Waals surface area contributed by atoms with Crippen LogP contribution in [-0.4, -0.2) is 61.1 Å². The fourth-order valence-electron chi connectivity index (χ4n) is 3.65. The number of urea groups is 1. The highest BCUT2D eigenvalue weighted by atomic mass is 16.2. The molecule has 1 aromatic carbocycles. The molecule has 3 rings (SSSR count). The molecule has 2 heterocycles. The molecular weight excluding hydrogens is 362 g/mol. The first-order chi connectivity index (χ1) is 14.1. The number of rotatable bonds is 7. The van der Waals surface area contributed by atoms with E-state index in [1.807, 2.05) is 49.5 Å². The van der Waals surface area contributed by atoms with Gasteiger partial charge in [-0.2, -0.15) is 0 Å². The molecule has 1 aromatic heterocycles. The lowest BCUT2D eigenvalue weighted by atomic mass is 10.2. The number of hydrogen-bond acceptors (Lipinski definition) is 4. The van der Waals surface area contributed by atoms with Crippen LogP contribution >= 0.6 is 0 Å². The molecule has 0 atom stereocenters. The molecule has 0 bridgehead atoms. The molecule has 0 aliphatic carbocycles. The summed E-state index contributed by atoms with van der Waals surface area (Å²) >= 11 is 0. The van der Waals surface area contributed by atoms with Crippen molar-refractivity contribution >= 4 is 17.4 Å². The summed E-state index contributed by atoms with van der Waals surface area (Å²) in [6.45, 7) is 4.10. The smallest absolute Gasteiger partial charge is 0.322 e. The van der Waals surface area contributed by atoms with Gasteiger partial charge in [-0.15, -0.1) is 0 Å². The van der Waals surface area contributed by atoms with Gasteiger partial charge in [-0.25, -0.2) is 4.79 Å².